The molecule has 28 heavy (non-hydrogen) atoms. The molecule has 0 atom stereocenters. The average Bonchev–Trinajstić information content (AvgIpc) is 2.58. The Morgan fingerprint density at radius 2 is 1.64 bits per heavy atom. The van der Waals surface area contributed by atoms with Crippen molar-refractivity contribution in [3.63, 3.8) is 0 Å². The molecule has 0 bridgehead atoms. The van der Waals surface area contributed by atoms with Crippen molar-refractivity contribution in [2.45, 2.75) is 57.1 Å². The zero-order chi connectivity index (χ0) is 21.2. The number of amides is 2. The number of urea groups is 1. The monoisotopic (exact) mass is 421 g/mol. The lowest BCUT2D eigenvalue weighted by molar-refractivity contribution is -0.137. The van der Waals surface area contributed by atoms with E-state index in [2.05, 4.69) is 10.0 Å². The van der Waals surface area contributed by atoms with Crippen LogP contribution in [0.25, 0.3) is 0 Å². The fraction of sp³-hybridized carbons (Fsp3) is 0.611. The van der Waals surface area contributed by atoms with Crippen molar-refractivity contribution in [2.24, 2.45) is 0 Å². The van der Waals surface area contributed by atoms with Crippen LogP contribution in [0.15, 0.2) is 24.3 Å². The molecule has 10 heteroatoms. The number of hydrogen-bond acceptors (Lipinski definition) is 3. The minimum absolute atomic E-state index is 0.119. The van der Waals surface area contributed by atoms with Crippen LogP contribution in [0.4, 0.5) is 18.0 Å². The maximum absolute atomic E-state index is 12.6. The van der Waals surface area contributed by atoms with E-state index in [9.17, 15) is 26.4 Å². The van der Waals surface area contributed by atoms with Crippen LogP contribution in [0.5, 0.6) is 0 Å². The molecule has 2 rings (SSSR count). The van der Waals surface area contributed by atoms with Gasteiger partial charge in [-0.05, 0) is 51.3 Å². The first kappa shape index (κ1) is 22.5. The second-order valence-electron chi connectivity index (χ2n) is 7.85. The third kappa shape index (κ3) is 5.84. The second kappa shape index (κ2) is 8.28. The van der Waals surface area contributed by atoms with E-state index >= 15 is 0 Å². The summed E-state index contributed by atoms with van der Waals surface area (Å²) in [6.45, 7) is 5.79. The van der Waals surface area contributed by atoms with E-state index in [0.29, 0.717) is 31.5 Å². The summed E-state index contributed by atoms with van der Waals surface area (Å²) in [5.74, 6) is 0. The first-order valence-corrected chi connectivity index (χ1v) is 10.5. The first-order valence-electron chi connectivity index (χ1n) is 9.00. The zero-order valence-electron chi connectivity index (χ0n) is 16.1. The number of nitrogens with one attached hydrogen (secondary N) is 2. The molecule has 158 valence electrons. The zero-order valence-corrected chi connectivity index (χ0v) is 17.0. The molecule has 0 aliphatic carbocycles. The van der Waals surface area contributed by atoms with Gasteiger partial charge >= 0.3 is 12.2 Å². The Morgan fingerprint density at radius 1 is 1.11 bits per heavy atom. The predicted molar refractivity (Wildman–Crippen MR) is 100 cm³/mol. The van der Waals surface area contributed by atoms with Crippen molar-refractivity contribution in [1.82, 2.24) is 14.9 Å². The number of hydrogen-bond donors (Lipinski definition) is 2. The molecule has 0 radical (unpaired) electrons. The van der Waals surface area contributed by atoms with E-state index < -0.39 is 26.5 Å². The van der Waals surface area contributed by atoms with Gasteiger partial charge in [-0.25, -0.2) is 17.9 Å². The van der Waals surface area contributed by atoms with E-state index in [1.807, 2.05) is 0 Å². The van der Waals surface area contributed by atoms with E-state index in [4.69, 9.17) is 0 Å². The predicted octanol–water partition coefficient (Wildman–Crippen LogP) is 3.10. The highest BCUT2D eigenvalue weighted by Gasteiger charge is 2.33. The number of carbonyl (C=O) groups is 1. The lowest BCUT2D eigenvalue weighted by Crippen LogP contribution is -2.51. The summed E-state index contributed by atoms with van der Waals surface area (Å²) in [5.41, 5.74) is -0.170. The van der Waals surface area contributed by atoms with Gasteiger partial charge in [-0.1, -0.05) is 12.1 Å². The Balaban J connectivity index is 1.81. The van der Waals surface area contributed by atoms with Crippen molar-refractivity contribution in [3.8, 4) is 0 Å². The molecule has 6 nitrogen and oxygen atoms in total. The van der Waals surface area contributed by atoms with Gasteiger partial charge in [0.05, 0.1) is 10.3 Å². The molecule has 2 N–H and O–H groups in total. The fourth-order valence-corrected chi connectivity index (χ4v) is 3.73. The molecule has 1 aliphatic rings. The van der Waals surface area contributed by atoms with E-state index in [0.717, 1.165) is 12.1 Å². The number of carbonyl (C=O) groups excluding carboxylic acids is 1. The van der Waals surface area contributed by atoms with E-state index in [1.165, 1.54) is 12.1 Å². The lowest BCUT2D eigenvalue weighted by atomic mass is 10.1. The maximum Gasteiger partial charge on any atom is 0.416 e. The van der Waals surface area contributed by atoms with Crippen molar-refractivity contribution >= 4 is 16.1 Å². The molecule has 0 unspecified atom stereocenters. The summed E-state index contributed by atoms with van der Waals surface area (Å²) >= 11 is 0. The molecular formula is C18H26F3N3O3S. The van der Waals surface area contributed by atoms with Crippen LogP contribution in [0.3, 0.4) is 0 Å². The van der Waals surface area contributed by atoms with Gasteiger partial charge in [-0.15, -0.1) is 0 Å². The third-order valence-electron chi connectivity index (χ3n) is 4.64. The minimum Gasteiger partial charge on any atom is -0.334 e. The van der Waals surface area contributed by atoms with Gasteiger partial charge in [0.1, 0.15) is 0 Å². The molecular weight excluding hydrogens is 395 g/mol. The van der Waals surface area contributed by atoms with Crippen LogP contribution in [-0.4, -0.2) is 43.2 Å². The Labute approximate surface area is 163 Å². The Hall–Kier alpha value is -1.81. The van der Waals surface area contributed by atoms with Gasteiger partial charge in [0.25, 0.3) is 0 Å². The maximum atomic E-state index is 12.6. The Morgan fingerprint density at radius 3 is 2.11 bits per heavy atom. The third-order valence-corrected chi connectivity index (χ3v) is 6.89. The Kier molecular flexibility index (Phi) is 6.65. The second-order valence-corrected chi connectivity index (χ2v) is 10.3. The summed E-state index contributed by atoms with van der Waals surface area (Å²) in [6.07, 6.45) is -3.38. The SMILES string of the molecule is CC(C)(C)S(=O)(=O)NC1CCN(C(=O)NCc2ccc(C(F)(F)F)cc2)CC1. The van der Waals surface area contributed by atoms with Gasteiger partial charge in [0, 0.05) is 25.7 Å². The number of benzene rings is 1. The highest BCUT2D eigenvalue weighted by molar-refractivity contribution is 7.90. The fourth-order valence-electron chi connectivity index (χ4n) is 2.70. The summed E-state index contributed by atoms with van der Waals surface area (Å²) in [5, 5.41) is 2.68. The van der Waals surface area contributed by atoms with Gasteiger partial charge in [0.15, 0.2) is 0 Å². The number of sulfonamides is 1. The molecule has 0 saturated carbocycles. The molecule has 0 spiro atoms. The Bertz CT molecular complexity index is 779. The number of alkyl halides is 3. The highest BCUT2D eigenvalue weighted by atomic mass is 32.2. The molecule has 1 aliphatic heterocycles. The number of halogens is 3. The van der Waals surface area contributed by atoms with Crippen LogP contribution in [0.1, 0.15) is 44.7 Å². The number of rotatable bonds is 4. The van der Waals surface area contributed by atoms with Crippen LogP contribution in [-0.2, 0) is 22.7 Å². The summed E-state index contributed by atoms with van der Waals surface area (Å²) < 4.78 is 63.9. The first-order chi connectivity index (χ1) is 12.8. The highest BCUT2D eigenvalue weighted by Crippen LogP contribution is 2.29. The standard InChI is InChI=1S/C18H26F3N3O3S/c1-17(2,3)28(26,27)23-15-8-10-24(11-9-15)16(25)22-12-13-4-6-14(7-5-13)18(19,20)21/h4-7,15,23H,8-12H2,1-3H3,(H,22,25). The quantitative estimate of drug-likeness (QED) is 0.784. The summed E-state index contributed by atoms with van der Waals surface area (Å²) in [7, 11) is -3.44. The summed E-state index contributed by atoms with van der Waals surface area (Å²) in [6, 6.07) is 4.08. The van der Waals surface area contributed by atoms with Crippen LogP contribution in [0, 0.1) is 0 Å². The van der Waals surface area contributed by atoms with Gasteiger partial charge in [0.2, 0.25) is 10.0 Å². The molecule has 0 aromatic heterocycles. The van der Waals surface area contributed by atoms with Gasteiger partial charge in [-0.3, -0.25) is 0 Å². The van der Waals surface area contributed by atoms with Crippen LogP contribution >= 0.6 is 0 Å². The molecule has 1 fully saturated rings. The molecule has 1 heterocycles. The molecule has 1 saturated heterocycles. The topological polar surface area (TPSA) is 78.5 Å². The lowest BCUT2D eigenvalue weighted by Gasteiger charge is -2.33. The average molecular weight is 421 g/mol. The molecule has 1 aromatic carbocycles. The van der Waals surface area contributed by atoms with Crippen LogP contribution in [0.2, 0.25) is 0 Å². The van der Waals surface area contributed by atoms with Crippen molar-refractivity contribution in [1.29, 1.82) is 0 Å². The molecule has 2 amide bonds. The molecule has 1 aromatic rings. The normalized spacial score (nSPS) is 16.9. The summed E-state index contributed by atoms with van der Waals surface area (Å²) in [4.78, 5) is 13.8. The number of nitrogens with zero attached hydrogens (tertiary/aromatic N) is 1. The smallest absolute Gasteiger partial charge is 0.334 e. The van der Waals surface area contributed by atoms with Crippen molar-refractivity contribution in [3.05, 3.63) is 35.4 Å². The minimum atomic E-state index is -4.39. The van der Waals surface area contributed by atoms with Crippen LogP contribution < -0.4 is 10.0 Å². The number of piperidine rings is 1. The van der Waals surface area contributed by atoms with E-state index in [1.54, 1.807) is 25.7 Å². The van der Waals surface area contributed by atoms with Gasteiger partial charge in [-0.2, -0.15) is 13.2 Å². The van der Waals surface area contributed by atoms with E-state index in [-0.39, 0.29) is 18.6 Å². The number of likely N-dealkylation sites (tertiary alicyclic amines) is 1. The van der Waals surface area contributed by atoms with Crippen molar-refractivity contribution in [2.75, 3.05) is 13.1 Å². The van der Waals surface area contributed by atoms with Gasteiger partial charge < -0.3 is 10.2 Å². The van der Waals surface area contributed by atoms with Crippen molar-refractivity contribution < 1.29 is 26.4 Å². The largest absolute Gasteiger partial charge is 0.416 e.